The Morgan fingerprint density at radius 3 is 3.13 bits per heavy atom. The summed E-state index contributed by atoms with van der Waals surface area (Å²) in [6.45, 7) is 3.81. The molecule has 2 heterocycles. The molecule has 0 spiro atoms. The van der Waals surface area contributed by atoms with E-state index in [0.717, 1.165) is 6.54 Å². The molecule has 2 rings (SSSR count). The molecule has 2 N–H and O–H groups in total. The second-order valence-corrected chi connectivity index (χ2v) is 3.60. The second-order valence-electron chi connectivity index (χ2n) is 3.60. The van der Waals surface area contributed by atoms with Crippen LogP contribution in [-0.2, 0) is 14.3 Å². The average Bonchev–Trinajstić information content (AvgIpc) is 2.67. The minimum Gasteiger partial charge on any atom is -0.465 e. The number of fused-ring (bicyclic) bond motifs is 1. The van der Waals surface area contributed by atoms with Crippen molar-refractivity contribution in [2.24, 2.45) is 5.92 Å². The van der Waals surface area contributed by atoms with Crippen LogP contribution in [0.1, 0.15) is 6.92 Å². The van der Waals surface area contributed by atoms with E-state index in [4.69, 9.17) is 4.74 Å². The topological polar surface area (TPSA) is 70.7 Å². The Hall–Kier alpha value is -1.14. The van der Waals surface area contributed by atoms with E-state index < -0.39 is 11.9 Å². The van der Waals surface area contributed by atoms with Crippen LogP contribution in [0, 0.1) is 5.92 Å². The number of rotatable bonds is 2. The standard InChI is InChI=1S/C9H15N3O3/c1-2-15-8(14)6-5-11-9-10-3-4-12(9)7(6)13/h6,9-11H,2-5H2,1H3. The minimum absolute atomic E-state index is 0.108. The van der Waals surface area contributed by atoms with Gasteiger partial charge in [0, 0.05) is 19.6 Å². The quantitative estimate of drug-likeness (QED) is 0.431. The van der Waals surface area contributed by atoms with Gasteiger partial charge >= 0.3 is 5.97 Å². The summed E-state index contributed by atoms with van der Waals surface area (Å²) in [4.78, 5) is 25.0. The molecule has 0 radical (unpaired) electrons. The molecule has 6 nitrogen and oxygen atoms in total. The van der Waals surface area contributed by atoms with E-state index in [1.807, 2.05) is 0 Å². The van der Waals surface area contributed by atoms with Crippen molar-refractivity contribution in [1.29, 1.82) is 0 Å². The molecule has 0 saturated carbocycles. The predicted molar refractivity (Wildman–Crippen MR) is 51.6 cm³/mol. The van der Waals surface area contributed by atoms with Gasteiger partial charge in [0.2, 0.25) is 5.91 Å². The largest absolute Gasteiger partial charge is 0.465 e. The third-order valence-electron chi connectivity index (χ3n) is 2.67. The van der Waals surface area contributed by atoms with Crippen LogP contribution >= 0.6 is 0 Å². The van der Waals surface area contributed by atoms with Gasteiger partial charge in [-0.3, -0.25) is 20.2 Å². The Bertz CT molecular complexity index is 282. The van der Waals surface area contributed by atoms with Crippen LogP contribution in [0.3, 0.4) is 0 Å². The molecule has 84 valence electrons. The molecule has 0 aromatic rings. The van der Waals surface area contributed by atoms with Gasteiger partial charge < -0.3 is 9.64 Å². The van der Waals surface area contributed by atoms with E-state index >= 15 is 0 Å². The second kappa shape index (κ2) is 4.16. The summed E-state index contributed by atoms with van der Waals surface area (Å²) >= 11 is 0. The summed E-state index contributed by atoms with van der Waals surface area (Å²) in [5.41, 5.74) is 0. The van der Waals surface area contributed by atoms with E-state index in [-0.39, 0.29) is 12.2 Å². The zero-order valence-electron chi connectivity index (χ0n) is 8.66. The molecule has 1 amide bonds. The first-order valence-corrected chi connectivity index (χ1v) is 5.18. The molecule has 0 aromatic carbocycles. The molecule has 15 heavy (non-hydrogen) atoms. The first-order chi connectivity index (χ1) is 7.24. The number of amides is 1. The number of hydrogen-bond donors (Lipinski definition) is 2. The molecule has 2 unspecified atom stereocenters. The third kappa shape index (κ3) is 1.82. The molecule has 6 heteroatoms. The van der Waals surface area contributed by atoms with Crippen molar-refractivity contribution in [2.45, 2.75) is 13.2 Å². The van der Waals surface area contributed by atoms with E-state index in [2.05, 4.69) is 10.6 Å². The van der Waals surface area contributed by atoms with Gasteiger partial charge in [-0.25, -0.2) is 0 Å². The van der Waals surface area contributed by atoms with Crippen LogP contribution < -0.4 is 10.6 Å². The fraction of sp³-hybridized carbons (Fsp3) is 0.778. The molecule has 0 aromatic heterocycles. The molecular weight excluding hydrogens is 198 g/mol. The Morgan fingerprint density at radius 2 is 2.40 bits per heavy atom. The van der Waals surface area contributed by atoms with Crippen LogP contribution in [0.4, 0.5) is 0 Å². The summed E-state index contributed by atoms with van der Waals surface area (Å²) in [6, 6.07) is 0. The van der Waals surface area contributed by atoms with Crippen LogP contribution in [-0.4, -0.2) is 49.3 Å². The number of esters is 1. The zero-order chi connectivity index (χ0) is 10.8. The number of nitrogens with one attached hydrogen (secondary N) is 2. The lowest BCUT2D eigenvalue weighted by molar-refractivity contribution is -0.158. The Kier molecular flexibility index (Phi) is 2.88. The maximum absolute atomic E-state index is 11.9. The highest BCUT2D eigenvalue weighted by atomic mass is 16.5. The van der Waals surface area contributed by atoms with Crippen molar-refractivity contribution in [3.63, 3.8) is 0 Å². The van der Waals surface area contributed by atoms with Gasteiger partial charge in [-0.2, -0.15) is 0 Å². The first kappa shape index (κ1) is 10.4. The molecule has 2 aliphatic heterocycles. The van der Waals surface area contributed by atoms with Gasteiger partial charge in [0.05, 0.1) is 6.61 Å². The number of nitrogens with zero attached hydrogens (tertiary/aromatic N) is 1. The van der Waals surface area contributed by atoms with Crippen molar-refractivity contribution in [3.05, 3.63) is 0 Å². The van der Waals surface area contributed by atoms with Crippen molar-refractivity contribution in [2.75, 3.05) is 26.2 Å². The van der Waals surface area contributed by atoms with Crippen molar-refractivity contribution >= 4 is 11.9 Å². The van der Waals surface area contributed by atoms with Crippen molar-refractivity contribution in [3.8, 4) is 0 Å². The summed E-state index contributed by atoms with van der Waals surface area (Å²) in [6.07, 6.45) is -0.108. The van der Waals surface area contributed by atoms with E-state index in [9.17, 15) is 9.59 Å². The summed E-state index contributed by atoms with van der Waals surface area (Å²) in [5, 5.41) is 6.22. The van der Waals surface area contributed by atoms with Gasteiger partial charge in [-0.15, -0.1) is 0 Å². The highest BCUT2D eigenvalue weighted by Gasteiger charge is 2.41. The van der Waals surface area contributed by atoms with Crippen LogP contribution in [0.2, 0.25) is 0 Å². The lowest BCUT2D eigenvalue weighted by Gasteiger charge is -2.33. The monoisotopic (exact) mass is 213 g/mol. The van der Waals surface area contributed by atoms with E-state index in [0.29, 0.717) is 19.7 Å². The van der Waals surface area contributed by atoms with Crippen molar-refractivity contribution in [1.82, 2.24) is 15.5 Å². The lowest BCUT2D eigenvalue weighted by atomic mass is 10.1. The van der Waals surface area contributed by atoms with Gasteiger partial charge in [-0.05, 0) is 6.92 Å². The van der Waals surface area contributed by atoms with E-state index in [1.54, 1.807) is 11.8 Å². The highest BCUT2D eigenvalue weighted by molar-refractivity contribution is 5.98. The normalized spacial score (nSPS) is 30.2. The maximum atomic E-state index is 11.9. The number of ether oxygens (including phenoxy) is 1. The smallest absolute Gasteiger partial charge is 0.319 e. The zero-order valence-corrected chi connectivity index (χ0v) is 8.66. The summed E-state index contributed by atoms with van der Waals surface area (Å²) in [7, 11) is 0. The molecule has 0 aliphatic carbocycles. The van der Waals surface area contributed by atoms with Gasteiger partial charge in [0.25, 0.3) is 0 Å². The van der Waals surface area contributed by atoms with Crippen LogP contribution in [0.15, 0.2) is 0 Å². The fourth-order valence-corrected chi connectivity index (χ4v) is 1.92. The van der Waals surface area contributed by atoms with Gasteiger partial charge in [0.15, 0.2) is 0 Å². The molecular formula is C9H15N3O3. The Morgan fingerprint density at radius 1 is 1.60 bits per heavy atom. The first-order valence-electron chi connectivity index (χ1n) is 5.18. The maximum Gasteiger partial charge on any atom is 0.319 e. The average molecular weight is 213 g/mol. The lowest BCUT2D eigenvalue weighted by Crippen LogP contribution is -2.60. The molecule has 2 atom stereocenters. The highest BCUT2D eigenvalue weighted by Crippen LogP contribution is 2.14. The molecule has 0 bridgehead atoms. The third-order valence-corrected chi connectivity index (χ3v) is 2.67. The number of carbonyl (C=O) groups excluding carboxylic acids is 2. The van der Waals surface area contributed by atoms with Gasteiger partial charge in [-0.1, -0.05) is 0 Å². The minimum atomic E-state index is -0.680. The fourth-order valence-electron chi connectivity index (χ4n) is 1.92. The SMILES string of the molecule is CCOC(=O)C1CNC2NCCN2C1=O. The number of carbonyl (C=O) groups is 2. The van der Waals surface area contributed by atoms with E-state index in [1.165, 1.54) is 0 Å². The predicted octanol–water partition coefficient (Wildman–Crippen LogP) is -1.52. The van der Waals surface area contributed by atoms with Crippen molar-refractivity contribution < 1.29 is 14.3 Å². The Balaban J connectivity index is 2.03. The van der Waals surface area contributed by atoms with Crippen LogP contribution in [0.5, 0.6) is 0 Å². The summed E-state index contributed by atoms with van der Waals surface area (Å²) in [5.74, 6) is -1.25. The van der Waals surface area contributed by atoms with Crippen LogP contribution in [0.25, 0.3) is 0 Å². The van der Waals surface area contributed by atoms with Gasteiger partial charge in [0.1, 0.15) is 12.2 Å². The number of hydrogen-bond acceptors (Lipinski definition) is 5. The summed E-state index contributed by atoms with van der Waals surface area (Å²) < 4.78 is 4.85. The Labute approximate surface area is 87.9 Å². The molecule has 2 fully saturated rings. The molecule has 2 aliphatic rings. The molecule has 2 saturated heterocycles.